The highest BCUT2D eigenvalue weighted by atomic mass is 16.6. The Morgan fingerprint density at radius 3 is 1.87 bits per heavy atom. The molecule has 198 valence electrons. The normalized spacial score (nSPS) is 11.2. The number of carbonyl (C=O) groups excluding carboxylic acids is 2. The molecule has 4 aromatic rings. The SMILES string of the molecule is O=C(N[C@@H](Cc1ccc(OCc2ccccc2)cc1)C(=O)Oc1ccc([N+](=O)[O-])cc1)OCc1ccccc1. The van der Waals surface area contributed by atoms with Gasteiger partial charge in [0.1, 0.15) is 30.8 Å². The lowest BCUT2D eigenvalue weighted by Gasteiger charge is -2.18. The molecule has 0 aliphatic rings. The molecule has 4 rings (SSSR count). The van der Waals surface area contributed by atoms with Crippen LogP contribution in [0, 0.1) is 10.1 Å². The lowest BCUT2D eigenvalue weighted by atomic mass is 10.1. The Labute approximate surface area is 225 Å². The van der Waals surface area contributed by atoms with Gasteiger partial charge in [0, 0.05) is 18.6 Å². The lowest BCUT2D eigenvalue weighted by molar-refractivity contribution is -0.384. The molecule has 1 N–H and O–H groups in total. The highest BCUT2D eigenvalue weighted by Gasteiger charge is 2.24. The molecule has 0 saturated heterocycles. The molecule has 9 heteroatoms. The van der Waals surface area contributed by atoms with Crippen molar-refractivity contribution in [2.45, 2.75) is 25.7 Å². The zero-order valence-electron chi connectivity index (χ0n) is 20.9. The van der Waals surface area contributed by atoms with Gasteiger partial charge in [-0.1, -0.05) is 72.8 Å². The van der Waals surface area contributed by atoms with Crippen molar-refractivity contribution in [3.63, 3.8) is 0 Å². The van der Waals surface area contributed by atoms with E-state index in [1.807, 2.05) is 60.7 Å². The van der Waals surface area contributed by atoms with Crippen molar-refractivity contribution in [3.05, 3.63) is 136 Å². The summed E-state index contributed by atoms with van der Waals surface area (Å²) in [5.41, 5.74) is 2.44. The second kappa shape index (κ2) is 13.4. The Hall–Kier alpha value is -5.18. The van der Waals surface area contributed by atoms with Gasteiger partial charge in [0.05, 0.1) is 4.92 Å². The molecule has 0 radical (unpaired) electrons. The molecule has 0 bridgehead atoms. The van der Waals surface area contributed by atoms with E-state index in [9.17, 15) is 19.7 Å². The summed E-state index contributed by atoms with van der Waals surface area (Å²) < 4.78 is 16.5. The maximum absolute atomic E-state index is 13.0. The van der Waals surface area contributed by atoms with Crippen molar-refractivity contribution in [3.8, 4) is 11.5 Å². The standard InChI is InChI=1S/C30H26N2O7/c33-29(39-27-17-13-25(14-18-27)32(35)36)28(31-30(34)38-21-24-9-5-2-6-10-24)19-22-11-15-26(16-12-22)37-20-23-7-3-1-4-8-23/h1-18,28H,19-21H2,(H,31,34)/t28-/m0/s1. The minimum atomic E-state index is -1.08. The number of alkyl carbamates (subject to hydrolysis) is 1. The van der Waals surface area contributed by atoms with E-state index in [4.69, 9.17) is 14.2 Å². The van der Waals surface area contributed by atoms with Crippen LogP contribution >= 0.6 is 0 Å². The van der Waals surface area contributed by atoms with Crippen molar-refractivity contribution in [2.24, 2.45) is 0 Å². The Bertz CT molecular complexity index is 1380. The first-order chi connectivity index (χ1) is 19.0. The quantitative estimate of drug-likeness (QED) is 0.117. The number of amides is 1. The molecule has 0 aliphatic carbocycles. The van der Waals surface area contributed by atoms with E-state index in [0.717, 1.165) is 16.7 Å². The highest BCUT2D eigenvalue weighted by molar-refractivity contribution is 5.83. The first kappa shape index (κ1) is 26.9. The third-order valence-electron chi connectivity index (χ3n) is 5.67. The molecule has 0 fully saturated rings. The molecule has 0 saturated carbocycles. The summed E-state index contributed by atoms with van der Waals surface area (Å²) in [7, 11) is 0. The first-order valence-electron chi connectivity index (χ1n) is 12.2. The average Bonchev–Trinajstić information content (AvgIpc) is 2.96. The van der Waals surface area contributed by atoms with E-state index in [0.29, 0.717) is 12.4 Å². The number of benzene rings is 4. The fraction of sp³-hybridized carbons (Fsp3) is 0.133. The maximum atomic E-state index is 13.0. The number of nitrogens with one attached hydrogen (secondary N) is 1. The Morgan fingerprint density at radius 1 is 0.718 bits per heavy atom. The fourth-order valence-corrected chi connectivity index (χ4v) is 3.62. The van der Waals surface area contributed by atoms with Crippen molar-refractivity contribution < 1.29 is 28.7 Å². The van der Waals surface area contributed by atoms with Crippen LogP contribution in [-0.2, 0) is 29.2 Å². The third-order valence-corrected chi connectivity index (χ3v) is 5.67. The van der Waals surface area contributed by atoms with Crippen LogP contribution < -0.4 is 14.8 Å². The van der Waals surface area contributed by atoms with Crippen LogP contribution in [0.4, 0.5) is 10.5 Å². The predicted molar refractivity (Wildman–Crippen MR) is 143 cm³/mol. The summed E-state index contributed by atoms with van der Waals surface area (Å²) in [5, 5.41) is 13.5. The number of carbonyl (C=O) groups is 2. The van der Waals surface area contributed by atoms with Crippen molar-refractivity contribution in [1.29, 1.82) is 0 Å². The van der Waals surface area contributed by atoms with Crippen LogP contribution in [0.25, 0.3) is 0 Å². The van der Waals surface area contributed by atoms with Gasteiger partial charge in [-0.05, 0) is 41.0 Å². The maximum Gasteiger partial charge on any atom is 0.408 e. The van der Waals surface area contributed by atoms with Crippen molar-refractivity contribution >= 4 is 17.7 Å². The van der Waals surface area contributed by atoms with Crippen LogP contribution in [0.5, 0.6) is 11.5 Å². The van der Waals surface area contributed by atoms with Crippen LogP contribution in [0.3, 0.4) is 0 Å². The molecule has 9 nitrogen and oxygen atoms in total. The molecule has 0 heterocycles. The lowest BCUT2D eigenvalue weighted by Crippen LogP contribution is -2.44. The first-order valence-corrected chi connectivity index (χ1v) is 12.2. The number of ether oxygens (including phenoxy) is 3. The summed E-state index contributed by atoms with van der Waals surface area (Å²) >= 11 is 0. The molecule has 0 aromatic heterocycles. The summed E-state index contributed by atoms with van der Waals surface area (Å²) in [6.07, 6.45) is -0.669. The second-order valence-corrected chi connectivity index (χ2v) is 8.55. The van der Waals surface area contributed by atoms with E-state index >= 15 is 0 Å². The predicted octanol–water partition coefficient (Wildman–Crippen LogP) is 5.62. The van der Waals surface area contributed by atoms with E-state index in [1.165, 1.54) is 24.3 Å². The number of nitro groups is 1. The fourth-order valence-electron chi connectivity index (χ4n) is 3.62. The number of nitro benzene ring substituents is 1. The highest BCUT2D eigenvalue weighted by Crippen LogP contribution is 2.19. The van der Waals surface area contributed by atoms with Gasteiger partial charge in [0.15, 0.2) is 0 Å². The average molecular weight is 527 g/mol. The molecular formula is C30H26N2O7. The molecule has 1 atom stereocenters. The van der Waals surface area contributed by atoms with Gasteiger partial charge in [0.25, 0.3) is 5.69 Å². The molecule has 39 heavy (non-hydrogen) atoms. The summed E-state index contributed by atoms with van der Waals surface area (Å²) in [4.78, 5) is 35.9. The number of non-ortho nitro benzene ring substituents is 1. The number of rotatable bonds is 11. The second-order valence-electron chi connectivity index (χ2n) is 8.55. The van der Waals surface area contributed by atoms with Gasteiger partial charge in [-0.3, -0.25) is 10.1 Å². The van der Waals surface area contributed by atoms with Gasteiger partial charge in [0.2, 0.25) is 0 Å². The van der Waals surface area contributed by atoms with Gasteiger partial charge in [-0.15, -0.1) is 0 Å². The summed E-state index contributed by atoms with van der Waals surface area (Å²) in [6, 6.07) is 30.1. The van der Waals surface area contributed by atoms with Gasteiger partial charge in [-0.25, -0.2) is 9.59 Å². The van der Waals surface area contributed by atoms with E-state index < -0.39 is 23.0 Å². The summed E-state index contributed by atoms with van der Waals surface area (Å²) in [5.74, 6) is 0.0208. The molecule has 0 spiro atoms. The zero-order chi connectivity index (χ0) is 27.5. The van der Waals surface area contributed by atoms with Gasteiger partial charge < -0.3 is 19.5 Å². The van der Waals surface area contributed by atoms with Crippen LogP contribution in [0.15, 0.2) is 109 Å². The number of hydrogen-bond acceptors (Lipinski definition) is 7. The van der Waals surface area contributed by atoms with Crippen LogP contribution in [0.1, 0.15) is 16.7 Å². The van der Waals surface area contributed by atoms with Crippen molar-refractivity contribution in [2.75, 3.05) is 0 Å². The Kier molecular flexibility index (Phi) is 9.22. The molecule has 1 amide bonds. The number of hydrogen-bond donors (Lipinski definition) is 1. The zero-order valence-corrected chi connectivity index (χ0v) is 20.9. The minimum Gasteiger partial charge on any atom is -0.489 e. The van der Waals surface area contributed by atoms with E-state index in [-0.39, 0.29) is 24.5 Å². The van der Waals surface area contributed by atoms with Crippen LogP contribution in [0.2, 0.25) is 0 Å². The largest absolute Gasteiger partial charge is 0.489 e. The summed E-state index contributed by atoms with van der Waals surface area (Å²) in [6.45, 7) is 0.448. The smallest absolute Gasteiger partial charge is 0.408 e. The van der Waals surface area contributed by atoms with E-state index in [1.54, 1.807) is 24.3 Å². The minimum absolute atomic E-state index is 0.0320. The number of nitrogens with zero attached hydrogens (tertiary/aromatic N) is 1. The number of esters is 1. The third kappa shape index (κ3) is 8.43. The molecule has 0 unspecified atom stereocenters. The Balaban J connectivity index is 1.41. The van der Waals surface area contributed by atoms with Gasteiger partial charge >= 0.3 is 12.1 Å². The molecule has 0 aliphatic heterocycles. The van der Waals surface area contributed by atoms with Crippen LogP contribution in [-0.4, -0.2) is 23.0 Å². The molecule has 4 aromatic carbocycles. The Morgan fingerprint density at radius 2 is 1.28 bits per heavy atom. The topological polar surface area (TPSA) is 117 Å². The van der Waals surface area contributed by atoms with Crippen molar-refractivity contribution in [1.82, 2.24) is 5.32 Å². The molecular weight excluding hydrogens is 500 g/mol. The van der Waals surface area contributed by atoms with E-state index in [2.05, 4.69) is 5.32 Å². The monoisotopic (exact) mass is 526 g/mol. The van der Waals surface area contributed by atoms with Gasteiger partial charge in [-0.2, -0.15) is 0 Å².